The van der Waals surface area contributed by atoms with Gasteiger partial charge in [-0.25, -0.2) is 8.42 Å². The van der Waals surface area contributed by atoms with Gasteiger partial charge < -0.3 is 5.32 Å². The van der Waals surface area contributed by atoms with E-state index in [9.17, 15) is 13.2 Å². The van der Waals surface area contributed by atoms with Crippen molar-refractivity contribution < 1.29 is 13.2 Å². The van der Waals surface area contributed by atoms with Crippen LogP contribution in [0.2, 0.25) is 0 Å². The van der Waals surface area contributed by atoms with Crippen LogP contribution in [0.3, 0.4) is 0 Å². The quantitative estimate of drug-likeness (QED) is 0.409. The lowest BCUT2D eigenvalue weighted by molar-refractivity contribution is 0.102. The van der Waals surface area contributed by atoms with Crippen LogP contribution in [0.1, 0.15) is 27.0 Å². The lowest BCUT2D eigenvalue weighted by atomic mass is 10.1. The zero-order valence-electron chi connectivity index (χ0n) is 19.0. The summed E-state index contributed by atoms with van der Waals surface area (Å²) in [6, 6.07) is 24.8. The highest BCUT2D eigenvalue weighted by atomic mass is 32.2. The Kier molecular flexibility index (Phi) is 6.75. The largest absolute Gasteiger partial charge is 0.322 e. The molecule has 0 atom stereocenters. The second-order valence-electron chi connectivity index (χ2n) is 8.02. The van der Waals surface area contributed by atoms with E-state index in [1.54, 1.807) is 60.9 Å². The average molecular weight is 472 g/mol. The van der Waals surface area contributed by atoms with Gasteiger partial charge in [-0.1, -0.05) is 29.8 Å². The van der Waals surface area contributed by atoms with E-state index in [0.717, 1.165) is 17.5 Å². The Labute approximate surface area is 200 Å². The molecule has 0 aliphatic carbocycles. The van der Waals surface area contributed by atoms with E-state index in [0.29, 0.717) is 16.9 Å². The van der Waals surface area contributed by atoms with Crippen LogP contribution in [0, 0.1) is 6.92 Å². The smallest absolute Gasteiger partial charge is 0.264 e. The molecule has 7 heteroatoms. The molecule has 0 saturated carbocycles. The summed E-state index contributed by atoms with van der Waals surface area (Å²) in [4.78, 5) is 16.9. The molecule has 0 bridgehead atoms. The molecule has 0 spiro atoms. The maximum atomic E-state index is 12.9. The number of sulfonamides is 1. The fraction of sp³-hybridized carbons (Fsp3) is 0.111. The van der Waals surface area contributed by atoms with Crippen molar-refractivity contribution in [3.63, 3.8) is 0 Å². The first-order valence-corrected chi connectivity index (χ1v) is 12.2. The van der Waals surface area contributed by atoms with E-state index in [4.69, 9.17) is 0 Å². The van der Waals surface area contributed by atoms with Crippen LogP contribution in [-0.2, 0) is 16.4 Å². The zero-order valence-corrected chi connectivity index (χ0v) is 19.8. The molecule has 6 nitrogen and oxygen atoms in total. The van der Waals surface area contributed by atoms with Crippen molar-refractivity contribution in [1.82, 2.24) is 4.98 Å². The van der Waals surface area contributed by atoms with Gasteiger partial charge in [-0.15, -0.1) is 0 Å². The zero-order chi connectivity index (χ0) is 24.1. The molecule has 0 unspecified atom stereocenters. The molecule has 1 heterocycles. The predicted molar refractivity (Wildman–Crippen MR) is 135 cm³/mol. The topological polar surface area (TPSA) is 79.4 Å². The second kappa shape index (κ2) is 9.89. The van der Waals surface area contributed by atoms with Crippen molar-refractivity contribution in [3.05, 3.63) is 120 Å². The fourth-order valence-electron chi connectivity index (χ4n) is 3.48. The highest BCUT2D eigenvalue weighted by Crippen LogP contribution is 2.23. The van der Waals surface area contributed by atoms with Gasteiger partial charge >= 0.3 is 0 Å². The Morgan fingerprint density at radius 3 is 2.03 bits per heavy atom. The average Bonchev–Trinajstić information content (AvgIpc) is 2.86. The maximum Gasteiger partial charge on any atom is 0.264 e. The summed E-state index contributed by atoms with van der Waals surface area (Å²) in [5, 5.41) is 2.88. The first-order valence-electron chi connectivity index (χ1n) is 10.8. The molecule has 0 radical (unpaired) electrons. The van der Waals surface area contributed by atoms with Crippen LogP contribution in [-0.4, -0.2) is 26.4 Å². The molecule has 4 aromatic rings. The summed E-state index contributed by atoms with van der Waals surface area (Å²) in [5.74, 6) is -0.266. The number of hydrogen-bond acceptors (Lipinski definition) is 4. The lowest BCUT2D eigenvalue weighted by Crippen LogP contribution is -2.26. The van der Waals surface area contributed by atoms with Gasteiger partial charge in [0, 0.05) is 30.7 Å². The molecule has 0 aliphatic rings. The maximum absolute atomic E-state index is 12.9. The molecule has 1 aromatic heterocycles. The number of nitrogens with zero attached hydrogens (tertiary/aromatic N) is 2. The highest BCUT2D eigenvalue weighted by Gasteiger charge is 2.21. The van der Waals surface area contributed by atoms with Crippen LogP contribution in [0.4, 0.5) is 11.4 Å². The summed E-state index contributed by atoms with van der Waals surface area (Å²) < 4.78 is 27.0. The summed E-state index contributed by atoms with van der Waals surface area (Å²) >= 11 is 0. The third-order valence-corrected chi connectivity index (χ3v) is 7.34. The molecule has 3 aromatic carbocycles. The van der Waals surface area contributed by atoms with Gasteiger partial charge in [0.15, 0.2) is 0 Å². The highest BCUT2D eigenvalue weighted by molar-refractivity contribution is 7.92. The molecule has 4 rings (SSSR count). The van der Waals surface area contributed by atoms with E-state index in [2.05, 4.69) is 10.3 Å². The van der Waals surface area contributed by atoms with E-state index in [1.165, 1.54) is 16.9 Å². The van der Waals surface area contributed by atoms with Crippen molar-refractivity contribution in [2.45, 2.75) is 18.2 Å². The minimum Gasteiger partial charge on any atom is -0.322 e. The normalized spacial score (nSPS) is 11.1. The third-order valence-electron chi connectivity index (χ3n) is 5.54. The van der Waals surface area contributed by atoms with Gasteiger partial charge in [0.1, 0.15) is 0 Å². The van der Waals surface area contributed by atoms with Crippen LogP contribution in [0.5, 0.6) is 0 Å². The number of anilines is 2. The van der Waals surface area contributed by atoms with Crippen LogP contribution in [0.25, 0.3) is 0 Å². The SMILES string of the molecule is Cc1ccc(S(=O)(=O)N(C)c2ccc(C(=O)Nc3ccc(Cc4ccncc4)cc3)cc2)cc1. The Morgan fingerprint density at radius 1 is 0.824 bits per heavy atom. The van der Waals surface area contributed by atoms with Gasteiger partial charge in [0.2, 0.25) is 0 Å². The lowest BCUT2D eigenvalue weighted by Gasteiger charge is -2.20. The molecule has 0 aliphatic heterocycles. The molecular weight excluding hydrogens is 446 g/mol. The van der Waals surface area contributed by atoms with Crippen LogP contribution >= 0.6 is 0 Å². The van der Waals surface area contributed by atoms with Gasteiger partial charge in [-0.05, 0) is 85.1 Å². The number of aryl methyl sites for hydroxylation is 1. The number of benzene rings is 3. The minimum atomic E-state index is -3.69. The second-order valence-corrected chi connectivity index (χ2v) is 9.99. The molecule has 1 N–H and O–H groups in total. The number of nitrogens with one attached hydrogen (secondary N) is 1. The van der Waals surface area contributed by atoms with Crippen LogP contribution in [0.15, 0.2) is 102 Å². The number of amides is 1. The van der Waals surface area contributed by atoms with Crippen molar-refractivity contribution >= 4 is 27.3 Å². The number of hydrogen-bond donors (Lipinski definition) is 1. The molecule has 0 saturated heterocycles. The molecule has 172 valence electrons. The third kappa shape index (κ3) is 5.32. The van der Waals surface area contributed by atoms with E-state index < -0.39 is 10.0 Å². The summed E-state index contributed by atoms with van der Waals surface area (Å²) in [5.41, 5.74) is 4.88. The Bertz CT molecular complexity index is 1370. The monoisotopic (exact) mass is 471 g/mol. The number of rotatable bonds is 7. The molecule has 1 amide bonds. The molecule has 34 heavy (non-hydrogen) atoms. The Morgan fingerprint density at radius 2 is 1.41 bits per heavy atom. The fourth-order valence-corrected chi connectivity index (χ4v) is 4.67. The number of pyridine rings is 1. The van der Waals surface area contributed by atoms with Crippen LogP contribution < -0.4 is 9.62 Å². The Hall–Kier alpha value is -3.97. The van der Waals surface area contributed by atoms with Gasteiger partial charge in [0.25, 0.3) is 15.9 Å². The predicted octanol–water partition coefficient (Wildman–Crippen LogP) is 5.06. The molecular formula is C27H25N3O3S. The van der Waals surface area contributed by atoms with E-state index in [-0.39, 0.29) is 10.8 Å². The van der Waals surface area contributed by atoms with Crippen molar-refractivity contribution in [2.75, 3.05) is 16.7 Å². The van der Waals surface area contributed by atoms with Gasteiger partial charge in [-0.2, -0.15) is 0 Å². The van der Waals surface area contributed by atoms with Crippen molar-refractivity contribution in [1.29, 1.82) is 0 Å². The minimum absolute atomic E-state index is 0.217. The van der Waals surface area contributed by atoms with E-state index in [1.807, 2.05) is 43.3 Å². The first kappa shape index (κ1) is 23.2. The van der Waals surface area contributed by atoms with Gasteiger partial charge in [0.05, 0.1) is 10.6 Å². The van der Waals surface area contributed by atoms with Crippen molar-refractivity contribution in [2.24, 2.45) is 0 Å². The summed E-state index contributed by atoms with van der Waals surface area (Å²) in [7, 11) is -2.19. The molecule has 0 fully saturated rings. The first-order chi connectivity index (χ1) is 16.3. The Balaban J connectivity index is 1.41. The van der Waals surface area contributed by atoms with Gasteiger partial charge in [-0.3, -0.25) is 14.1 Å². The summed E-state index contributed by atoms with van der Waals surface area (Å²) in [6.45, 7) is 1.90. The van der Waals surface area contributed by atoms with Crippen molar-refractivity contribution in [3.8, 4) is 0 Å². The van der Waals surface area contributed by atoms with E-state index >= 15 is 0 Å². The number of aromatic nitrogens is 1. The standard InChI is InChI=1S/C27H25N3O3S/c1-20-3-13-26(14-4-20)34(32,33)30(2)25-11-7-23(8-12-25)27(31)29-24-9-5-21(6-10-24)19-22-15-17-28-18-16-22/h3-18H,19H2,1-2H3,(H,29,31). The number of carbonyl (C=O) groups is 1. The number of carbonyl (C=O) groups excluding carboxylic acids is 1. The summed E-state index contributed by atoms with van der Waals surface area (Å²) in [6.07, 6.45) is 4.33.